The van der Waals surface area contributed by atoms with Crippen LogP contribution in [0.3, 0.4) is 0 Å². The van der Waals surface area contributed by atoms with Crippen LogP contribution < -0.4 is 10.1 Å². The van der Waals surface area contributed by atoms with Gasteiger partial charge in [0.1, 0.15) is 18.4 Å². The molecule has 0 unspecified atom stereocenters. The van der Waals surface area contributed by atoms with Crippen LogP contribution in [-0.4, -0.2) is 84.4 Å². The molecule has 2 atom stereocenters. The lowest BCUT2D eigenvalue weighted by Crippen LogP contribution is -2.57. The Morgan fingerprint density at radius 2 is 1.53 bits per heavy atom. The van der Waals surface area contributed by atoms with Gasteiger partial charge in [-0.25, -0.2) is 0 Å². The Hall–Kier alpha value is -2.90. The molecule has 0 radical (unpaired) electrons. The lowest BCUT2D eigenvalue weighted by atomic mass is 9.97. The molecule has 2 aromatic carbocycles. The molecule has 2 amide bonds. The van der Waals surface area contributed by atoms with Crippen molar-refractivity contribution in [2.24, 2.45) is 11.8 Å². The number of nitrogens with zero attached hydrogens (tertiary/aromatic N) is 3. The molecule has 4 rings (SSSR count). The predicted molar refractivity (Wildman–Crippen MR) is 183 cm³/mol. The average molecular weight is 619 g/mol. The number of benzene rings is 2. The molecule has 248 valence electrons. The van der Waals surface area contributed by atoms with Crippen LogP contribution in [0.1, 0.15) is 83.8 Å². The Labute approximate surface area is 272 Å². The summed E-state index contributed by atoms with van der Waals surface area (Å²) in [7, 11) is 2.05. The monoisotopic (exact) mass is 618 g/mol. The number of hydrogen-bond acceptors (Lipinski definition) is 5. The van der Waals surface area contributed by atoms with Crippen molar-refractivity contribution in [3.05, 3.63) is 65.7 Å². The van der Waals surface area contributed by atoms with Gasteiger partial charge in [-0.05, 0) is 100 Å². The molecule has 1 N–H and O–H groups in total. The molecular formula is C38H58N4O3. The summed E-state index contributed by atoms with van der Waals surface area (Å²) in [6.45, 7) is 14.0. The molecule has 2 heterocycles. The fourth-order valence-corrected chi connectivity index (χ4v) is 6.67. The molecule has 2 saturated heterocycles. The van der Waals surface area contributed by atoms with Crippen molar-refractivity contribution in [1.82, 2.24) is 20.0 Å². The van der Waals surface area contributed by atoms with E-state index in [2.05, 4.69) is 54.9 Å². The summed E-state index contributed by atoms with van der Waals surface area (Å²) in [5, 5.41) is 3.26. The highest BCUT2D eigenvalue weighted by Gasteiger charge is 2.34. The summed E-state index contributed by atoms with van der Waals surface area (Å²) in [6, 6.07) is 17.8. The number of piperidine rings is 2. The summed E-state index contributed by atoms with van der Waals surface area (Å²) >= 11 is 0. The maximum absolute atomic E-state index is 14.1. The standard InChI is InChI=1S/C38H58N4O3/c1-29(2)18-23-40(5)36(26-30(3)4)37(43)39-35(38(44)42-24-19-33(20-25-42)41-21-10-7-11-22-41)27-31-14-16-34(17-15-31)45-28-32-12-8-6-9-13-32/h6,8-9,12-17,29-30,33,35-36H,7,10-11,18-28H2,1-5H3,(H,39,43)/t35-,36+/m0/s1. The minimum atomic E-state index is -0.603. The second kappa shape index (κ2) is 17.7. The molecular weight excluding hydrogens is 560 g/mol. The van der Waals surface area contributed by atoms with E-state index < -0.39 is 6.04 Å². The zero-order valence-electron chi connectivity index (χ0n) is 28.5. The Morgan fingerprint density at radius 1 is 0.867 bits per heavy atom. The number of carbonyl (C=O) groups is 2. The first-order valence-electron chi connectivity index (χ1n) is 17.5. The Balaban J connectivity index is 1.45. The van der Waals surface area contributed by atoms with Crippen LogP contribution in [0.15, 0.2) is 54.6 Å². The molecule has 2 aliphatic rings. The van der Waals surface area contributed by atoms with E-state index in [0.29, 0.717) is 30.9 Å². The lowest BCUT2D eigenvalue weighted by molar-refractivity contribution is -0.139. The van der Waals surface area contributed by atoms with Gasteiger partial charge in [0, 0.05) is 25.6 Å². The maximum atomic E-state index is 14.1. The quantitative estimate of drug-likeness (QED) is 0.259. The molecule has 45 heavy (non-hydrogen) atoms. The number of hydrogen-bond donors (Lipinski definition) is 1. The largest absolute Gasteiger partial charge is 0.489 e. The van der Waals surface area contributed by atoms with Gasteiger partial charge in [-0.1, -0.05) is 76.6 Å². The summed E-state index contributed by atoms with van der Waals surface area (Å²) in [6.07, 6.45) is 8.17. The van der Waals surface area contributed by atoms with Crippen molar-refractivity contribution < 1.29 is 14.3 Å². The van der Waals surface area contributed by atoms with E-state index in [1.165, 1.54) is 32.4 Å². The molecule has 0 aromatic heterocycles. The minimum Gasteiger partial charge on any atom is -0.489 e. The van der Waals surface area contributed by atoms with E-state index in [1.807, 2.05) is 54.4 Å². The molecule has 0 spiro atoms. The van der Waals surface area contributed by atoms with Crippen molar-refractivity contribution in [1.29, 1.82) is 0 Å². The third kappa shape index (κ3) is 11.1. The van der Waals surface area contributed by atoms with Gasteiger partial charge in [0.25, 0.3) is 0 Å². The Bertz CT molecular complexity index is 1160. The molecule has 0 bridgehead atoms. The van der Waals surface area contributed by atoms with Crippen molar-refractivity contribution in [2.45, 2.75) is 104 Å². The number of ether oxygens (including phenoxy) is 1. The second-order valence-electron chi connectivity index (χ2n) is 14.1. The molecule has 0 aliphatic carbocycles. The number of amides is 2. The van der Waals surface area contributed by atoms with Gasteiger partial charge >= 0.3 is 0 Å². The molecule has 2 aromatic rings. The van der Waals surface area contributed by atoms with Crippen LogP contribution in [0.5, 0.6) is 5.75 Å². The smallest absolute Gasteiger partial charge is 0.245 e. The molecule has 2 aliphatic heterocycles. The predicted octanol–water partition coefficient (Wildman–Crippen LogP) is 6.16. The first-order chi connectivity index (χ1) is 21.7. The van der Waals surface area contributed by atoms with Gasteiger partial charge in [0.2, 0.25) is 11.8 Å². The van der Waals surface area contributed by atoms with Crippen LogP contribution >= 0.6 is 0 Å². The van der Waals surface area contributed by atoms with E-state index >= 15 is 0 Å². The normalized spacial score (nSPS) is 17.9. The molecule has 2 fully saturated rings. The summed E-state index contributed by atoms with van der Waals surface area (Å²) in [5.41, 5.74) is 2.13. The highest BCUT2D eigenvalue weighted by Crippen LogP contribution is 2.23. The number of carbonyl (C=O) groups excluding carboxylic acids is 2. The zero-order chi connectivity index (χ0) is 32.2. The first kappa shape index (κ1) is 35.0. The van der Waals surface area contributed by atoms with Crippen LogP contribution in [0.25, 0.3) is 0 Å². The van der Waals surface area contributed by atoms with E-state index in [4.69, 9.17) is 4.74 Å². The van der Waals surface area contributed by atoms with Gasteiger partial charge in [0.15, 0.2) is 0 Å². The van der Waals surface area contributed by atoms with Crippen molar-refractivity contribution in [3.8, 4) is 5.75 Å². The first-order valence-corrected chi connectivity index (χ1v) is 17.5. The Morgan fingerprint density at radius 3 is 2.16 bits per heavy atom. The van der Waals surface area contributed by atoms with Gasteiger partial charge in [0.05, 0.1) is 6.04 Å². The highest BCUT2D eigenvalue weighted by molar-refractivity contribution is 5.90. The van der Waals surface area contributed by atoms with E-state index in [-0.39, 0.29) is 17.9 Å². The van der Waals surface area contributed by atoms with E-state index in [9.17, 15) is 9.59 Å². The highest BCUT2D eigenvalue weighted by atomic mass is 16.5. The fourth-order valence-electron chi connectivity index (χ4n) is 6.67. The SMILES string of the molecule is CC(C)CCN(C)[C@H](CC(C)C)C(=O)N[C@@H](Cc1ccc(OCc2ccccc2)cc1)C(=O)N1CCC(N2CCCCC2)CC1. The summed E-state index contributed by atoms with van der Waals surface area (Å²) in [4.78, 5) is 34.9. The minimum absolute atomic E-state index is 0.0398. The maximum Gasteiger partial charge on any atom is 0.245 e. The summed E-state index contributed by atoms with van der Waals surface area (Å²) in [5.74, 6) is 1.72. The van der Waals surface area contributed by atoms with Gasteiger partial charge in [-0.2, -0.15) is 0 Å². The van der Waals surface area contributed by atoms with Crippen LogP contribution in [0.2, 0.25) is 0 Å². The number of likely N-dealkylation sites (tertiary alicyclic amines) is 2. The zero-order valence-corrected chi connectivity index (χ0v) is 28.5. The van der Waals surface area contributed by atoms with Crippen LogP contribution in [0.4, 0.5) is 0 Å². The van der Waals surface area contributed by atoms with Crippen molar-refractivity contribution in [3.63, 3.8) is 0 Å². The van der Waals surface area contributed by atoms with Crippen molar-refractivity contribution in [2.75, 3.05) is 39.8 Å². The average Bonchev–Trinajstić information content (AvgIpc) is 3.06. The molecule has 7 nitrogen and oxygen atoms in total. The van der Waals surface area contributed by atoms with Crippen LogP contribution in [0, 0.1) is 11.8 Å². The number of rotatable bonds is 15. The van der Waals surface area contributed by atoms with Crippen molar-refractivity contribution >= 4 is 11.8 Å². The van der Waals surface area contributed by atoms with Gasteiger partial charge in [-0.3, -0.25) is 14.5 Å². The van der Waals surface area contributed by atoms with Gasteiger partial charge in [-0.15, -0.1) is 0 Å². The lowest BCUT2D eigenvalue weighted by Gasteiger charge is -2.41. The van der Waals surface area contributed by atoms with E-state index in [0.717, 1.165) is 62.2 Å². The van der Waals surface area contributed by atoms with E-state index in [1.54, 1.807) is 0 Å². The Kier molecular flexibility index (Phi) is 13.8. The van der Waals surface area contributed by atoms with Crippen LogP contribution in [-0.2, 0) is 22.6 Å². The third-order valence-corrected chi connectivity index (χ3v) is 9.50. The fraction of sp³-hybridized carbons (Fsp3) is 0.632. The summed E-state index contributed by atoms with van der Waals surface area (Å²) < 4.78 is 6.00. The third-order valence-electron chi connectivity index (χ3n) is 9.50. The topological polar surface area (TPSA) is 65.1 Å². The molecule has 0 saturated carbocycles. The number of nitrogens with one attached hydrogen (secondary N) is 1. The second-order valence-corrected chi connectivity index (χ2v) is 14.1. The molecule has 7 heteroatoms. The van der Waals surface area contributed by atoms with Gasteiger partial charge < -0.3 is 19.9 Å². The number of likely N-dealkylation sites (N-methyl/N-ethyl adjacent to an activating group) is 1.